The largest absolute Gasteiger partial charge is 0.384 e. The number of nitrogen functional groups attached to an aromatic ring is 1. The number of hydrogen-bond donors (Lipinski definition) is 2. The van der Waals surface area contributed by atoms with Crippen molar-refractivity contribution in [1.82, 2.24) is 29.8 Å². The lowest BCUT2D eigenvalue weighted by Crippen LogP contribution is -2.42. The smallest absolute Gasteiger partial charge is 0.251 e. The minimum absolute atomic E-state index is 0.182. The molecule has 0 aliphatic carbocycles. The van der Waals surface area contributed by atoms with Crippen LogP contribution in [0.15, 0.2) is 60.9 Å². The number of fused-ring (bicyclic) bond motifs is 1. The van der Waals surface area contributed by atoms with Crippen molar-refractivity contribution in [3.05, 3.63) is 66.5 Å². The summed E-state index contributed by atoms with van der Waals surface area (Å²) in [5.74, 6) is 0.0896. The number of hydrogen-bond acceptors (Lipinski definition) is 6. The van der Waals surface area contributed by atoms with E-state index in [0.29, 0.717) is 29.0 Å². The summed E-state index contributed by atoms with van der Waals surface area (Å²) in [5, 5.41) is 7.41. The van der Waals surface area contributed by atoms with Crippen LogP contribution in [0.3, 0.4) is 0 Å². The second kappa shape index (κ2) is 9.79. The lowest BCUT2D eigenvalue weighted by Gasteiger charge is -2.26. The number of carbonyl (C=O) groups excluding carboxylic acids is 1. The number of nitrogens with zero attached hydrogens (tertiary/aromatic N) is 5. The van der Waals surface area contributed by atoms with Crippen LogP contribution < -0.4 is 11.1 Å². The van der Waals surface area contributed by atoms with Gasteiger partial charge in [-0.05, 0) is 38.2 Å². The number of nitrogens with one attached hydrogen (secondary N) is 1. The monoisotopic (exact) mass is 443 g/mol. The molecule has 1 atom stereocenters. The van der Waals surface area contributed by atoms with Gasteiger partial charge in [-0.25, -0.2) is 14.5 Å². The fraction of sp³-hybridized carbons (Fsp3) is 0.280. The number of nitrogens with two attached hydrogens (primary N) is 1. The van der Waals surface area contributed by atoms with Crippen LogP contribution >= 0.6 is 0 Å². The van der Waals surface area contributed by atoms with E-state index in [1.54, 1.807) is 22.8 Å². The maximum Gasteiger partial charge on any atom is 0.251 e. The Bertz CT molecular complexity index is 1250. The number of likely N-dealkylation sites (N-methyl/N-ethyl adjacent to an activating group) is 1. The Hall–Kier alpha value is -3.78. The third-order valence-electron chi connectivity index (χ3n) is 5.82. The molecule has 1 aromatic carbocycles. The van der Waals surface area contributed by atoms with Crippen LogP contribution in [0.2, 0.25) is 0 Å². The summed E-state index contributed by atoms with van der Waals surface area (Å²) in [5.41, 5.74) is 10.3. The maximum absolute atomic E-state index is 12.9. The van der Waals surface area contributed by atoms with Crippen molar-refractivity contribution in [3.63, 3.8) is 0 Å². The van der Waals surface area contributed by atoms with E-state index in [2.05, 4.69) is 41.1 Å². The molecule has 0 radical (unpaired) electrons. The van der Waals surface area contributed by atoms with Crippen LogP contribution in [0.4, 0.5) is 5.82 Å². The number of amides is 1. The first kappa shape index (κ1) is 22.4. The van der Waals surface area contributed by atoms with E-state index in [-0.39, 0.29) is 17.8 Å². The lowest BCUT2D eigenvalue weighted by atomic mass is 10.1. The van der Waals surface area contributed by atoms with Gasteiger partial charge in [-0.15, -0.1) is 0 Å². The Balaban J connectivity index is 1.63. The second-order valence-electron chi connectivity index (χ2n) is 7.95. The summed E-state index contributed by atoms with van der Waals surface area (Å²) >= 11 is 0. The summed E-state index contributed by atoms with van der Waals surface area (Å²) in [7, 11) is 0. The van der Waals surface area contributed by atoms with Gasteiger partial charge in [0.1, 0.15) is 5.82 Å². The van der Waals surface area contributed by atoms with E-state index in [0.717, 1.165) is 24.3 Å². The van der Waals surface area contributed by atoms with Gasteiger partial charge in [0.25, 0.3) is 5.91 Å². The predicted octanol–water partition coefficient (Wildman–Crippen LogP) is 3.50. The normalized spacial score (nSPS) is 12.2. The quantitative estimate of drug-likeness (QED) is 0.432. The second-order valence-corrected chi connectivity index (χ2v) is 7.95. The number of anilines is 1. The van der Waals surface area contributed by atoms with Crippen LogP contribution in [0.1, 0.15) is 31.1 Å². The highest BCUT2D eigenvalue weighted by atomic mass is 16.1. The van der Waals surface area contributed by atoms with Crippen molar-refractivity contribution in [3.8, 4) is 22.5 Å². The zero-order valence-electron chi connectivity index (χ0n) is 19.2. The van der Waals surface area contributed by atoms with E-state index < -0.39 is 0 Å². The predicted molar refractivity (Wildman–Crippen MR) is 131 cm³/mol. The molecule has 4 rings (SSSR count). The fourth-order valence-electron chi connectivity index (χ4n) is 3.96. The van der Waals surface area contributed by atoms with Gasteiger partial charge in [-0.2, -0.15) is 5.10 Å². The van der Waals surface area contributed by atoms with Gasteiger partial charge < -0.3 is 11.1 Å². The molecule has 3 heterocycles. The molecule has 8 heteroatoms. The summed E-state index contributed by atoms with van der Waals surface area (Å²) < 4.78 is 1.69. The van der Waals surface area contributed by atoms with Crippen molar-refractivity contribution >= 4 is 17.4 Å². The Morgan fingerprint density at radius 1 is 1.09 bits per heavy atom. The average molecular weight is 444 g/mol. The third kappa shape index (κ3) is 4.85. The molecule has 0 fully saturated rings. The first-order valence-corrected chi connectivity index (χ1v) is 11.2. The lowest BCUT2D eigenvalue weighted by molar-refractivity contribution is 0.0938. The zero-order valence-corrected chi connectivity index (χ0v) is 19.2. The molecular weight excluding hydrogens is 414 g/mol. The molecule has 0 saturated carbocycles. The van der Waals surface area contributed by atoms with Crippen molar-refractivity contribution in [2.24, 2.45) is 0 Å². The average Bonchev–Trinajstić information content (AvgIpc) is 3.27. The maximum atomic E-state index is 12.9. The van der Waals surface area contributed by atoms with Gasteiger partial charge in [0.05, 0.1) is 23.1 Å². The van der Waals surface area contributed by atoms with Crippen molar-refractivity contribution in [2.45, 2.75) is 26.8 Å². The molecule has 0 saturated heterocycles. The highest BCUT2D eigenvalue weighted by Crippen LogP contribution is 2.26. The summed E-state index contributed by atoms with van der Waals surface area (Å²) in [6.07, 6.45) is 3.56. The third-order valence-corrected chi connectivity index (χ3v) is 5.82. The number of aromatic nitrogens is 4. The van der Waals surface area contributed by atoms with Crippen LogP contribution in [-0.2, 0) is 0 Å². The summed E-state index contributed by atoms with van der Waals surface area (Å²) in [6, 6.07) is 15.4. The number of carbonyl (C=O) groups is 1. The molecule has 4 aromatic rings. The van der Waals surface area contributed by atoms with E-state index in [1.807, 2.05) is 42.6 Å². The van der Waals surface area contributed by atoms with Crippen LogP contribution in [0.5, 0.6) is 0 Å². The molecule has 0 bridgehead atoms. The molecule has 1 unspecified atom stereocenters. The van der Waals surface area contributed by atoms with Gasteiger partial charge in [-0.3, -0.25) is 9.69 Å². The topological polar surface area (TPSA) is 101 Å². The first-order valence-electron chi connectivity index (χ1n) is 11.2. The van der Waals surface area contributed by atoms with E-state index >= 15 is 0 Å². The Morgan fingerprint density at radius 2 is 1.85 bits per heavy atom. The number of pyridine rings is 1. The van der Waals surface area contributed by atoms with Crippen LogP contribution in [0.25, 0.3) is 28.2 Å². The first-order chi connectivity index (χ1) is 16.0. The molecule has 1 amide bonds. The fourth-order valence-corrected chi connectivity index (χ4v) is 3.96. The van der Waals surface area contributed by atoms with Gasteiger partial charge in [-0.1, -0.05) is 44.2 Å². The standard InChI is InChI=1S/C25H29N7O/c1-4-31(5-2)17(3)15-27-25(33)19-13-22(29-23(26)14-19)20-16-28-32-12-11-21(30-24(20)32)18-9-7-6-8-10-18/h6-14,16-17H,4-5,15H2,1-3H3,(H2,26,29)(H,27,33). The Labute approximate surface area is 193 Å². The molecule has 0 aliphatic heterocycles. The minimum Gasteiger partial charge on any atom is -0.384 e. The highest BCUT2D eigenvalue weighted by Gasteiger charge is 2.17. The summed E-state index contributed by atoms with van der Waals surface area (Å²) in [6.45, 7) is 8.76. The van der Waals surface area contributed by atoms with Crippen molar-refractivity contribution < 1.29 is 4.79 Å². The molecule has 170 valence electrons. The molecule has 33 heavy (non-hydrogen) atoms. The molecule has 8 nitrogen and oxygen atoms in total. The van der Waals surface area contributed by atoms with E-state index in [1.165, 1.54) is 0 Å². The summed E-state index contributed by atoms with van der Waals surface area (Å²) in [4.78, 5) is 24.4. The Morgan fingerprint density at radius 3 is 2.58 bits per heavy atom. The zero-order chi connectivity index (χ0) is 23.4. The molecule has 0 aliphatic rings. The van der Waals surface area contributed by atoms with Gasteiger partial charge in [0, 0.05) is 29.9 Å². The molecule has 3 N–H and O–H groups in total. The SMILES string of the molecule is CCN(CC)C(C)CNC(=O)c1cc(N)nc(-c2cnn3ccc(-c4ccccc4)nc23)c1. The van der Waals surface area contributed by atoms with E-state index in [9.17, 15) is 4.79 Å². The molecule has 3 aromatic heterocycles. The molecule has 0 spiro atoms. The van der Waals surface area contributed by atoms with Gasteiger partial charge >= 0.3 is 0 Å². The van der Waals surface area contributed by atoms with Crippen LogP contribution in [-0.4, -0.2) is 56.1 Å². The molecular formula is C25H29N7O. The Kier molecular flexibility index (Phi) is 6.65. The minimum atomic E-state index is -0.182. The van der Waals surface area contributed by atoms with Gasteiger partial charge in [0.2, 0.25) is 0 Å². The van der Waals surface area contributed by atoms with Gasteiger partial charge in [0.15, 0.2) is 5.65 Å². The van der Waals surface area contributed by atoms with Crippen molar-refractivity contribution in [2.75, 3.05) is 25.4 Å². The number of benzene rings is 1. The number of rotatable bonds is 8. The van der Waals surface area contributed by atoms with Crippen molar-refractivity contribution in [1.29, 1.82) is 0 Å². The highest BCUT2D eigenvalue weighted by molar-refractivity contribution is 5.96. The van der Waals surface area contributed by atoms with Crippen LogP contribution in [0, 0.1) is 0 Å². The van der Waals surface area contributed by atoms with E-state index in [4.69, 9.17) is 10.7 Å².